The van der Waals surface area contributed by atoms with E-state index in [1.807, 2.05) is 0 Å². The molecule has 128 valence electrons. The van der Waals surface area contributed by atoms with Gasteiger partial charge in [-0.15, -0.1) is 0 Å². The van der Waals surface area contributed by atoms with Gasteiger partial charge in [0.25, 0.3) is 0 Å². The standard InChI is InChI=1S/C22H30N2/c1-2-5-16(6-3-1)17-8-9-22-20(14-17)21(15-23-22)18-10-12-24-11-4-7-19(24)13-18/h8-9,14-16,18-19,23H,1-7,10-13H2. The summed E-state index contributed by atoms with van der Waals surface area (Å²) < 4.78 is 0. The second-order valence-corrected chi connectivity index (χ2v) is 8.44. The number of aromatic nitrogens is 1. The van der Waals surface area contributed by atoms with Crippen LogP contribution in [0.25, 0.3) is 10.9 Å². The maximum absolute atomic E-state index is 3.56. The van der Waals surface area contributed by atoms with Gasteiger partial charge < -0.3 is 9.88 Å². The molecule has 0 amide bonds. The van der Waals surface area contributed by atoms with Gasteiger partial charge >= 0.3 is 0 Å². The van der Waals surface area contributed by atoms with Crippen LogP contribution in [0.1, 0.15) is 80.8 Å². The fraction of sp³-hybridized carbons (Fsp3) is 0.636. The number of hydrogen-bond donors (Lipinski definition) is 1. The molecule has 2 aromatic rings. The van der Waals surface area contributed by atoms with Crippen LogP contribution in [-0.2, 0) is 0 Å². The third-order valence-electron chi connectivity index (χ3n) is 7.07. The maximum atomic E-state index is 3.56. The van der Waals surface area contributed by atoms with Crippen LogP contribution in [0, 0.1) is 0 Å². The van der Waals surface area contributed by atoms with Crippen molar-refractivity contribution in [1.82, 2.24) is 9.88 Å². The monoisotopic (exact) mass is 322 g/mol. The summed E-state index contributed by atoms with van der Waals surface area (Å²) >= 11 is 0. The van der Waals surface area contributed by atoms with E-state index in [9.17, 15) is 0 Å². The summed E-state index contributed by atoms with van der Waals surface area (Å²) in [7, 11) is 0. The van der Waals surface area contributed by atoms with Crippen molar-refractivity contribution in [2.24, 2.45) is 0 Å². The van der Waals surface area contributed by atoms with Crippen molar-refractivity contribution in [3.05, 3.63) is 35.5 Å². The summed E-state index contributed by atoms with van der Waals surface area (Å²) in [5, 5.41) is 1.52. The molecule has 2 saturated heterocycles. The molecule has 2 heteroatoms. The van der Waals surface area contributed by atoms with Crippen molar-refractivity contribution in [2.45, 2.75) is 75.7 Å². The van der Waals surface area contributed by atoms with Gasteiger partial charge in [0.1, 0.15) is 0 Å². The number of nitrogens with one attached hydrogen (secondary N) is 1. The van der Waals surface area contributed by atoms with E-state index < -0.39 is 0 Å². The Kier molecular flexibility index (Phi) is 3.89. The molecular formula is C22H30N2. The van der Waals surface area contributed by atoms with Crippen LogP contribution in [0.5, 0.6) is 0 Å². The smallest absolute Gasteiger partial charge is 0.0457 e. The minimum Gasteiger partial charge on any atom is -0.361 e. The average Bonchev–Trinajstić information content (AvgIpc) is 3.27. The van der Waals surface area contributed by atoms with Crippen molar-refractivity contribution in [2.75, 3.05) is 13.1 Å². The SMILES string of the molecule is c1cc2[nH]cc(C3CCN4CCCC4C3)c2cc1C1CCCCC1. The predicted octanol–water partition coefficient (Wildman–Crippen LogP) is 5.56. The first-order chi connectivity index (χ1) is 11.9. The minimum atomic E-state index is 0.764. The summed E-state index contributed by atoms with van der Waals surface area (Å²) in [4.78, 5) is 6.30. The number of hydrogen-bond acceptors (Lipinski definition) is 1. The lowest BCUT2D eigenvalue weighted by molar-refractivity contribution is 0.181. The van der Waals surface area contributed by atoms with Gasteiger partial charge in [-0.25, -0.2) is 0 Å². The predicted molar refractivity (Wildman–Crippen MR) is 101 cm³/mol. The van der Waals surface area contributed by atoms with Crippen molar-refractivity contribution in [3.63, 3.8) is 0 Å². The van der Waals surface area contributed by atoms with E-state index in [1.54, 1.807) is 11.1 Å². The zero-order chi connectivity index (χ0) is 15.9. The quantitative estimate of drug-likeness (QED) is 0.767. The summed E-state index contributed by atoms with van der Waals surface area (Å²) in [5.74, 6) is 1.57. The molecule has 3 fully saturated rings. The van der Waals surface area contributed by atoms with Crippen LogP contribution in [-0.4, -0.2) is 29.0 Å². The van der Waals surface area contributed by atoms with Crippen LogP contribution in [0.2, 0.25) is 0 Å². The Labute approximate surface area is 145 Å². The Hall–Kier alpha value is -1.28. The molecular weight excluding hydrogens is 292 g/mol. The fourth-order valence-electron chi connectivity index (χ4n) is 5.69. The van der Waals surface area contributed by atoms with Gasteiger partial charge in [-0.2, -0.15) is 0 Å². The molecule has 2 aliphatic heterocycles. The molecule has 2 unspecified atom stereocenters. The molecule has 3 aliphatic rings. The molecule has 0 radical (unpaired) electrons. The van der Waals surface area contributed by atoms with Crippen LogP contribution in [0.4, 0.5) is 0 Å². The van der Waals surface area contributed by atoms with Crippen molar-refractivity contribution in [1.29, 1.82) is 0 Å². The van der Waals surface area contributed by atoms with Crippen molar-refractivity contribution in [3.8, 4) is 0 Å². The molecule has 3 heterocycles. The highest BCUT2D eigenvalue weighted by Crippen LogP contribution is 2.40. The molecule has 1 N–H and O–H groups in total. The molecule has 1 saturated carbocycles. The normalized spacial score (nSPS) is 29.2. The minimum absolute atomic E-state index is 0.764. The molecule has 0 bridgehead atoms. The Morgan fingerprint density at radius 3 is 2.71 bits per heavy atom. The van der Waals surface area contributed by atoms with E-state index in [1.165, 1.54) is 81.8 Å². The van der Waals surface area contributed by atoms with Crippen LogP contribution < -0.4 is 0 Å². The van der Waals surface area contributed by atoms with Crippen molar-refractivity contribution < 1.29 is 0 Å². The maximum Gasteiger partial charge on any atom is 0.0457 e. The third kappa shape index (κ3) is 2.60. The van der Waals surface area contributed by atoms with E-state index in [0.717, 1.165) is 17.9 Å². The lowest BCUT2D eigenvalue weighted by atomic mass is 9.82. The Morgan fingerprint density at radius 1 is 0.875 bits per heavy atom. The van der Waals surface area contributed by atoms with Gasteiger partial charge in [0, 0.05) is 23.1 Å². The van der Waals surface area contributed by atoms with Crippen LogP contribution in [0.3, 0.4) is 0 Å². The topological polar surface area (TPSA) is 19.0 Å². The number of nitrogens with zero attached hydrogens (tertiary/aromatic N) is 1. The number of aromatic amines is 1. The van der Waals surface area contributed by atoms with E-state index in [0.29, 0.717) is 0 Å². The molecule has 2 nitrogen and oxygen atoms in total. The number of benzene rings is 1. The van der Waals surface area contributed by atoms with E-state index in [-0.39, 0.29) is 0 Å². The zero-order valence-corrected chi connectivity index (χ0v) is 14.8. The largest absolute Gasteiger partial charge is 0.361 e. The summed E-state index contributed by atoms with van der Waals surface area (Å²) in [6.45, 7) is 2.65. The highest BCUT2D eigenvalue weighted by molar-refractivity contribution is 5.84. The Balaban J connectivity index is 1.45. The highest BCUT2D eigenvalue weighted by Gasteiger charge is 2.33. The summed E-state index contributed by atoms with van der Waals surface area (Å²) in [6.07, 6.45) is 14.9. The highest BCUT2D eigenvalue weighted by atomic mass is 15.2. The summed E-state index contributed by atoms with van der Waals surface area (Å²) in [5.41, 5.74) is 4.55. The molecule has 1 aromatic carbocycles. The number of fused-ring (bicyclic) bond motifs is 2. The number of rotatable bonds is 2. The first-order valence-electron chi connectivity index (χ1n) is 10.2. The van der Waals surface area contributed by atoms with Gasteiger partial charge in [0.2, 0.25) is 0 Å². The summed E-state index contributed by atoms with van der Waals surface area (Å²) in [6, 6.07) is 8.12. The Morgan fingerprint density at radius 2 is 1.79 bits per heavy atom. The van der Waals surface area contributed by atoms with Gasteiger partial charge in [-0.3, -0.25) is 0 Å². The molecule has 24 heavy (non-hydrogen) atoms. The van der Waals surface area contributed by atoms with Crippen LogP contribution in [0.15, 0.2) is 24.4 Å². The van der Waals surface area contributed by atoms with E-state index in [2.05, 4.69) is 34.3 Å². The lowest BCUT2D eigenvalue weighted by Gasteiger charge is -2.34. The van der Waals surface area contributed by atoms with Gasteiger partial charge in [0.05, 0.1) is 0 Å². The van der Waals surface area contributed by atoms with E-state index >= 15 is 0 Å². The zero-order valence-electron chi connectivity index (χ0n) is 14.8. The number of piperidine rings is 1. The lowest BCUT2D eigenvalue weighted by Crippen LogP contribution is -2.37. The van der Waals surface area contributed by atoms with Crippen molar-refractivity contribution >= 4 is 10.9 Å². The van der Waals surface area contributed by atoms with Gasteiger partial charge in [-0.05, 0) is 86.7 Å². The first kappa shape index (κ1) is 15.0. The second-order valence-electron chi connectivity index (χ2n) is 8.44. The van der Waals surface area contributed by atoms with E-state index in [4.69, 9.17) is 0 Å². The Bertz CT molecular complexity index is 710. The van der Waals surface area contributed by atoms with Gasteiger partial charge in [-0.1, -0.05) is 25.3 Å². The molecule has 0 spiro atoms. The molecule has 2 atom stereocenters. The van der Waals surface area contributed by atoms with Gasteiger partial charge in [0.15, 0.2) is 0 Å². The molecule has 5 rings (SSSR count). The molecule has 1 aliphatic carbocycles. The first-order valence-corrected chi connectivity index (χ1v) is 10.2. The fourth-order valence-corrected chi connectivity index (χ4v) is 5.69. The second kappa shape index (κ2) is 6.22. The molecule has 1 aromatic heterocycles. The number of H-pyrrole nitrogens is 1. The van der Waals surface area contributed by atoms with Crippen LogP contribution >= 0.6 is 0 Å². The average molecular weight is 322 g/mol. The third-order valence-corrected chi connectivity index (χ3v) is 7.07.